The molecule has 0 bridgehead atoms. The maximum Gasteiger partial charge on any atom is 0.211 e. The van der Waals surface area contributed by atoms with E-state index in [0.29, 0.717) is 17.2 Å². The van der Waals surface area contributed by atoms with Gasteiger partial charge < -0.3 is 28.4 Å². The predicted octanol–water partition coefficient (Wildman–Crippen LogP) is 7.09. The summed E-state index contributed by atoms with van der Waals surface area (Å²) in [5.41, 5.74) is 4.60. The molecule has 4 aromatic rings. The molecule has 0 atom stereocenters. The summed E-state index contributed by atoms with van der Waals surface area (Å²) in [4.78, 5) is 0. The van der Waals surface area contributed by atoms with Gasteiger partial charge in [0.1, 0.15) is 23.0 Å². The van der Waals surface area contributed by atoms with Crippen LogP contribution in [0.1, 0.15) is 22.3 Å². The molecule has 0 saturated heterocycles. The van der Waals surface area contributed by atoms with Crippen LogP contribution in [0.5, 0.6) is 40.2 Å². The smallest absolute Gasteiger partial charge is 0.211 e. The van der Waals surface area contributed by atoms with Crippen molar-refractivity contribution < 1.29 is 28.4 Å². The fourth-order valence-corrected chi connectivity index (χ4v) is 4.48. The van der Waals surface area contributed by atoms with Crippen LogP contribution in [0, 0.1) is 0 Å². The topological polar surface area (TPSA) is 55.4 Å². The highest BCUT2D eigenvalue weighted by molar-refractivity contribution is 5.56. The molecular formula is C33H36O6. The predicted molar refractivity (Wildman–Crippen MR) is 153 cm³/mol. The fourth-order valence-electron chi connectivity index (χ4n) is 4.48. The molecule has 39 heavy (non-hydrogen) atoms. The molecule has 6 heteroatoms. The summed E-state index contributed by atoms with van der Waals surface area (Å²) >= 11 is 0. The SMILES string of the molecule is COc1cccc(CCc2cccc(Oc3c(OC)cc(CCc4cc(OC)cc(OC)c4)cc3OC)c2)c1. The second-order valence-corrected chi connectivity index (χ2v) is 9.15. The molecule has 0 heterocycles. The highest BCUT2D eigenvalue weighted by atomic mass is 16.5. The molecule has 0 aliphatic rings. The highest BCUT2D eigenvalue weighted by Crippen LogP contribution is 2.42. The van der Waals surface area contributed by atoms with Gasteiger partial charge in [0.25, 0.3) is 0 Å². The van der Waals surface area contributed by atoms with E-state index >= 15 is 0 Å². The Bertz CT molecular complexity index is 1330. The van der Waals surface area contributed by atoms with Crippen LogP contribution in [0.15, 0.2) is 78.9 Å². The van der Waals surface area contributed by atoms with Gasteiger partial charge in [0, 0.05) is 6.07 Å². The Balaban J connectivity index is 1.49. The van der Waals surface area contributed by atoms with Gasteiger partial charge in [-0.25, -0.2) is 0 Å². The summed E-state index contributed by atoms with van der Waals surface area (Å²) in [7, 11) is 8.28. The molecule has 0 radical (unpaired) electrons. The van der Waals surface area contributed by atoms with E-state index in [2.05, 4.69) is 24.3 Å². The van der Waals surface area contributed by atoms with Crippen molar-refractivity contribution >= 4 is 0 Å². The maximum absolute atomic E-state index is 6.33. The van der Waals surface area contributed by atoms with Crippen LogP contribution in [0.2, 0.25) is 0 Å². The average Bonchev–Trinajstić information content (AvgIpc) is 2.99. The van der Waals surface area contributed by atoms with E-state index in [1.54, 1.807) is 35.5 Å². The number of rotatable bonds is 13. The number of hydrogen-bond acceptors (Lipinski definition) is 6. The zero-order valence-electron chi connectivity index (χ0n) is 23.3. The third-order valence-electron chi connectivity index (χ3n) is 6.59. The van der Waals surface area contributed by atoms with Gasteiger partial charge in [-0.05, 0) is 96.5 Å². The average molecular weight is 529 g/mol. The molecule has 6 nitrogen and oxygen atoms in total. The molecule has 4 aromatic carbocycles. The third-order valence-corrected chi connectivity index (χ3v) is 6.59. The molecule has 204 valence electrons. The molecule has 0 aliphatic carbocycles. The van der Waals surface area contributed by atoms with Crippen molar-refractivity contribution in [3.8, 4) is 40.2 Å². The Morgan fingerprint density at radius 3 is 1.36 bits per heavy atom. The summed E-state index contributed by atoms with van der Waals surface area (Å²) in [6, 6.07) is 26.2. The zero-order chi connectivity index (χ0) is 27.6. The van der Waals surface area contributed by atoms with Gasteiger partial charge >= 0.3 is 0 Å². The second kappa shape index (κ2) is 13.5. The maximum atomic E-state index is 6.33. The fraction of sp³-hybridized carbons (Fsp3) is 0.273. The van der Waals surface area contributed by atoms with Gasteiger partial charge in [0.15, 0.2) is 11.5 Å². The standard InChI is InChI=1S/C33H36O6/c1-34-27-10-6-8-23(16-27)12-13-24-9-7-11-28(17-24)39-33-31(37-4)20-26(21-32(33)38-5)15-14-25-18-29(35-2)22-30(19-25)36-3/h6-11,16-22H,12-15H2,1-5H3. The van der Waals surface area contributed by atoms with E-state index in [0.717, 1.165) is 59.8 Å². The van der Waals surface area contributed by atoms with Crippen molar-refractivity contribution in [2.24, 2.45) is 0 Å². The van der Waals surface area contributed by atoms with E-state index in [4.69, 9.17) is 28.4 Å². The second-order valence-electron chi connectivity index (χ2n) is 9.15. The molecule has 0 amide bonds. The van der Waals surface area contributed by atoms with Crippen molar-refractivity contribution in [2.75, 3.05) is 35.5 Å². The van der Waals surface area contributed by atoms with E-state index in [1.807, 2.05) is 54.6 Å². The molecule has 0 fully saturated rings. The van der Waals surface area contributed by atoms with Gasteiger partial charge in [-0.1, -0.05) is 24.3 Å². The van der Waals surface area contributed by atoms with Crippen molar-refractivity contribution in [3.05, 3.63) is 101 Å². The van der Waals surface area contributed by atoms with Crippen molar-refractivity contribution in [1.29, 1.82) is 0 Å². The quantitative estimate of drug-likeness (QED) is 0.185. The zero-order valence-corrected chi connectivity index (χ0v) is 23.3. The van der Waals surface area contributed by atoms with Crippen molar-refractivity contribution in [2.45, 2.75) is 25.7 Å². The van der Waals surface area contributed by atoms with Gasteiger partial charge in [-0.3, -0.25) is 0 Å². The van der Waals surface area contributed by atoms with Crippen molar-refractivity contribution in [1.82, 2.24) is 0 Å². The van der Waals surface area contributed by atoms with E-state index in [1.165, 1.54) is 11.1 Å². The van der Waals surface area contributed by atoms with Crippen LogP contribution >= 0.6 is 0 Å². The third kappa shape index (κ3) is 7.38. The lowest BCUT2D eigenvalue weighted by Gasteiger charge is -2.17. The number of benzene rings is 4. The van der Waals surface area contributed by atoms with Crippen molar-refractivity contribution in [3.63, 3.8) is 0 Å². The molecule has 0 N–H and O–H groups in total. The lowest BCUT2D eigenvalue weighted by Crippen LogP contribution is -1.99. The lowest BCUT2D eigenvalue weighted by atomic mass is 10.0. The Morgan fingerprint density at radius 1 is 0.410 bits per heavy atom. The number of methoxy groups -OCH3 is 5. The number of hydrogen-bond donors (Lipinski definition) is 0. The largest absolute Gasteiger partial charge is 0.497 e. The van der Waals surface area contributed by atoms with Crippen LogP contribution in [-0.4, -0.2) is 35.5 Å². The van der Waals surface area contributed by atoms with Crippen LogP contribution in [0.4, 0.5) is 0 Å². The van der Waals surface area contributed by atoms with Gasteiger partial charge in [0.2, 0.25) is 5.75 Å². The molecule has 0 aliphatic heterocycles. The molecule has 4 rings (SSSR count). The van der Waals surface area contributed by atoms with E-state index in [9.17, 15) is 0 Å². The summed E-state index contributed by atoms with van der Waals surface area (Å²) < 4.78 is 33.9. The monoisotopic (exact) mass is 528 g/mol. The molecule has 0 saturated carbocycles. The van der Waals surface area contributed by atoms with E-state index < -0.39 is 0 Å². The number of ether oxygens (including phenoxy) is 6. The first-order chi connectivity index (χ1) is 19.0. The van der Waals surface area contributed by atoms with Gasteiger partial charge in [-0.15, -0.1) is 0 Å². The first-order valence-electron chi connectivity index (χ1n) is 12.9. The minimum absolute atomic E-state index is 0.553. The minimum atomic E-state index is 0.553. The summed E-state index contributed by atoms with van der Waals surface area (Å²) in [5.74, 6) is 4.94. The Kier molecular flexibility index (Phi) is 9.57. The van der Waals surface area contributed by atoms with Crippen LogP contribution in [-0.2, 0) is 25.7 Å². The molecule has 0 aromatic heterocycles. The normalized spacial score (nSPS) is 10.6. The molecule has 0 unspecified atom stereocenters. The van der Waals surface area contributed by atoms with Crippen LogP contribution in [0.25, 0.3) is 0 Å². The first kappa shape index (κ1) is 27.7. The minimum Gasteiger partial charge on any atom is -0.497 e. The van der Waals surface area contributed by atoms with Crippen LogP contribution < -0.4 is 28.4 Å². The van der Waals surface area contributed by atoms with E-state index in [-0.39, 0.29) is 0 Å². The molecular weight excluding hydrogens is 492 g/mol. The first-order valence-corrected chi connectivity index (χ1v) is 12.9. The Hall–Kier alpha value is -4.32. The summed E-state index contributed by atoms with van der Waals surface area (Å²) in [6.45, 7) is 0. The van der Waals surface area contributed by atoms with Gasteiger partial charge in [0.05, 0.1) is 35.5 Å². The summed E-state index contributed by atoms with van der Waals surface area (Å²) in [5, 5.41) is 0. The summed E-state index contributed by atoms with van der Waals surface area (Å²) in [6.07, 6.45) is 3.37. The molecule has 0 spiro atoms. The van der Waals surface area contributed by atoms with Gasteiger partial charge in [-0.2, -0.15) is 0 Å². The Morgan fingerprint density at radius 2 is 0.846 bits per heavy atom. The lowest BCUT2D eigenvalue weighted by molar-refractivity contribution is 0.345. The van der Waals surface area contributed by atoms with Crippen LogP contribution in [0.3, 0.4) is 0 Å². The highest BCUT2D eigenvalue weighted by Gasteiger charge is 2.16. The number of aryl methyl sites for hydroxylation is 4. The Labute approximate surface area is 231 Å².